The number of carbonyl (C=O) groups excluding carboxylic acids is 1. The molecule has 0 bridgehead atoms. The highest BCUT2D eigenvalue weighted by molar-refractivity contribution is 7.22. The van der Waals surface area contributed by atoms with Gasteiger partial charge in [-0.25, -0.2) is 4.98 Å². The Hall–Kier alpha value is -3.13. The van der Waals surface area contributed by atoms with Gasteiger partial charge >= 0.3 is 0 Å². The van der Waals surface area contributed by atoms with E-state index >= 15 is 0 Å². The fourth-order valence-corrected chi connectivity index (χ4v) is 4.28. The van der Waals surface area contributed by atoms with Gasteiger partial charge in [-0.05, 0) is 36.8 Å². The largest absolute Gasteiger partial charge is 0.423 e. The zero-order chi connectivity index (χ0) is 19.1. The smallest absolute Gasteiger partial charge is 0.298 e. The van der Waals surface area contributed by atoms with Crippen molar-refractivity contribution in [2.45, 2.75) is 6.42 Å². The number of amides is 1. The molecule has 1 fully saturated rings. The van der Waals surface area contributed by atoms with E-state index in [-0.39, 0.29) is 5.91 Å². The highest BCUT2D eigenvalue weighted by atomic mass is 32.1. The van der Waals surface area contributed by atoms with Crippen LogP contribution in [-0.2, 0) is 0 Å². The number of anilines is 2. The lowest BCUT2D eigenvalue weighted by molar-refractivity contribution is 0.0767. The second-order valence-corrected chi connectivity index (χ2v) is 7.89. The molecule has 0 unspecified atom stereocenters. The van der Waals surface area contributed by atoms with E-state index in [9.17, 15) is 4.79 Å². The van der Waals surface area contributed by atoms with Crippen LogP contribution in [0.3, 0.4) is 0 Å². The summed E-state index contributed by atoms with van der Waals surface area (Å²) >= 11 is 1.43. The molecular weight excluding hydrogens is 374 g/mol. The monoisotopic (exact) mass is 393 g/mol. The van der Waals surface area contributed by atoms with Crippen LogP contribution in [-0.4, -0.2) is 47.0 Å². The minimum atomic E-state index is 0.0212. The van der Waals surface area contributed by atoms with E-state index in [1.807, 2.05) is 47.4 Å². The Balaban J connectivity index is 1.33. The van der Waals surface area contributed by atoms with Gasteiger partial charge in [0.05, 0.1) is 10.2 Å². The van der Waals surface area contributed by atoms with Crippen molar-refractivity contribution in [2.24, 2.45) is 0 Å². The average Bonchev–Trinajstić information content (AvgIpc) is 3.21. The van der Waals surface area contributed by atoms with Gasteiger partial charge in [-0.3, -0.25) is 4.79 Å². The quantitative estimate of drug-likeness (QED) is 0.562. The lowest BCUT2D eigenvalue weighted by atomic mass is 10.2. The van der Waals surface area contributed by atoms with Gasteiger partial charge in [0.1, 0.15) is 5.52 Å². The lowest BCUT2D eigenvalue weighted by Crippen LogP contribution is -2.35. The van der Waals surface area contributed by atoms with Crippen molar-refractivity contribution < 1.29 is 9.21 Å². The topological polar surface area (TPSA) is 88.5 Å². The molecule has 8 heteroatoms. The maximum Gasteiger partial charge on any atom is 0.298 e. The molecule has 4 aromatic rings. The van der Waals surface area contributed by atoms with Crippen LogP contribution in [0.1, 0.15) is 16.8 Å². The molecule has 0 spiro atoms. The predicted molar refractivity (Wildman–Crippen MR) is 111 cm³/mol. The number of hydrogen-bond acceptors (Lipinski definition) is 7. The van der Waals surface area contributed by atoms with Gasteiger partial charge in [-0.15, -0.1) is 0 Å². The van der Waals surface area contributed by atoms with Gasteiger partial charge in [0, 0.05) is 31.7 Å². The van der Waals surface area contributed by atoms with Crippen LogP contribution in [0.4, 0.5) is 11.1 Å². The molecule has 7 nitrogen and oxygen atoms in total. The second-order valence-electron chi connectivity index (χ2n) is 6.83. The number of thiazole rings is 1. The summed E-state index contributed by atoms with van der Waals surface area (Å²) in [7, 11) is 0. The summed E-state index contributed by atoms with van der Waals surface area (Å²) in [4.78, 5) is 25.9. The summed E-state index contributed by atoms with van der Waals surface area (Å²) in [5.74, 6) is 0.0212. The third-order valence-electron chi connectivity index (χ3n) is 4.99. The zero-order valence-electron chi connectivity index (χ0n) is 15.2. The zero-order valence-corrected chi connectivity index (χ0v) is 16.0. The molecular formula is C20H19N5O2S. The van der Waals surface area contributed by atoms with E-state index in [1.165, 1.54) is 11.3 Å². The van der Waals surface area contributed by atoms with Crippen LogP contribution >= 0.6 is 11.3 Å². The summed E-state index contributed by atoms with van der Waals surface area (Å²) in [6.45, 7) is 2.81. The van der Waals surface area contributed by atoms with Gasteiger partial charge in [0.25, 0.3) is 11.9 Å². The van der Waals surface area contributed by atoms with Crippen molar-refractivity contribution in [2.75, 3.05) is 36.8 Å². The van der Waals surface area contributed by atoms with E-state index < -0.39 is 0 Å². The van der Waals surface area contributed by atoms with Crippen LogP contribution in [0.2, 0.25) is 0 Å². The number of para-hydroxylation sites is 2. The number of carbonyl (C=O) groups is 1. The number of aromatic nitrogens is 2. The third-order valence-corrected chi connectivity index (χ3v) is 5.85. The van der Waals surface area contributed by atoms with E-state index in [1.54, 1.807) is 0 Å². The first-order valence-electron chi connectivity index (χ1n) is 9.23. The Morgan fingerprint density at radius 1 is 1.04 bits per heavy atom. The predicted octanol–water partition coefficient (Wildman–Crippen LogP) is 3.37. The van der Waals surface area contributed by atoms with Gasteiger partial charge in [0.2, 0.25) is 0 Å². The highest BCUT2D eigenvalue weighted by Crippen LogP contribution is 2.26. The number of rotatable bonds is 2. The molecule has 1 aliphatic heterocycles. The molecule has 2 aromatic heterocycles. The molecule has 0 atom stereocenters. The van der Waals surface area contributed by atoms with Crippen LogP contribution in [0, 0.1) is 0 Å². The maximum atomic E-state index is 13.0. The molecule has 0 aliphatic carbocycles. The molecule has 1 amide bonds. The first-order chi connectivity index (χ1) is 13.7. The fraction of sp³-hybridized carbons (Fsp3) is 0.250. The van der Waals surface area contributed by atoms with E-state index in [4.69, 9.17) is 10.2 Å². The Kier molecular flexibility index (Phi) is 4.12. The average molecular weight is 393 g/mol. The number of oxazole rings is 1. The van der Waals surface area contributed by atoms with Crippen LogP contribution in [0.5, 0.6) is 0 Å². The Labute approximate surface area is 165 Å². The summed E-state index contributed by atoms with van der Waals surface area (Å²) in [5, 5.41) is 0.517. The van der Waals surface area contributed by atoms with Crippen molar-refractivity contribution in [1.82, 2.24) is 14.9 Å². The SMILES string of the molecule is Nc1nc2cc(C(=O)N3CCCN(c4nc5ccccc5o4)CC3)ccc2s1. The van der Waals surface area contributed by atoms with Crippen molar-refractivity contribution in [3.8, 4) is 0 Å². The first kappa shape index (κ1) is 17.0. The number of nitrogen functional groups attached to an aromatic ring is 1. The molecule has 2 N–H and O–H groups in total. The molecule has 1 aliphatic rings. The molecule has 0 saturated carbocycles. The first-order valence-corrected chi connectivity index (χ1v) is 10.0. The van der Waals surface area contributed by atoms with E-state index in [0.717, 1.165) is 34.3 Å². The fourth-order valence-electron chi connectivity index (χ4n) is 3.57. The van der Waals surface area contributed by atoms with Crippen molar-refractivity contribution in [1.29, 1.82) is 0 Å². The van der Waals surface area contributed by atoms with Gasteiger partial charge in [0.15, 0.2) is 10.7 Å². The number of fused-ring (bicyclic) bond motifs is 2. The Bertz CT molecular complexity index is 1130. The van der Waals surface area contributed by atoms with Crippen LogP contribution in [0.15, 0.2) is 46.9 Å². The van der Waals surface area contributed by atoms with E-state index in [2.05, 4.69) is 14.9 Å². The molecule has 0 radical (unpaired) electrons. The molecule has 5 rings (SSSR count). The molecule has 3 heterocycles. The standard InChI is InChI=1S/C20H19N5O2S/c21-19-22-15-12-13(6-7-17(15)28-19)18(26)24-8-3-9-25(11-10-24)20-23-14-4-1-2-5-16(14)27-20/h1-2,4-7,12H,3,8-11H2,(H2,21,22). The number of benzene rings is 2. The minimum absolute atomic E-state index is 0.0212. The summed E-state index contributed by atoms with van der Waals surface area (Å²) in [6.07, 6.45) is 0.857. The second kappa shape index (κ2) is 6.79. The van der Waals surface area contributed by atoms with Gasteiger partial charge in [-0.1, -0.05) is 23.5 Å². The molecule has 1 saturated heterocycles. The lowest BCUT2D eigenvalue weighted by Gasteiger charge is -2.21. The van der Waals surface area contributed by atoms with E-state index in [0.29, 0.717) is 36.3 Å². The number of hydrogen-bond donors (Lipinski definition) is 1. The summed E-state index contributed by atoms with van der Waals surface area (Å²) in [5.41, 5.74) is 8.83. The van der Waals surface area contributed by atoms with Crippen molar-refractivity contribution >= 4 is 49.7 Å². The molecule has 2 aromatic carbocycles. The maximum absolute atomic E-state index is 13.0. The Morgan fingerprint density at radius 3 is 2.82 bits per heavy atom. The minimum Gasteiger partial charge on any atom is -0.423 e. The number of nitrogens with zero attached hydrogens (tertiary/aromatic N) is 4. The number of nitrogens with two attached hydrogens (primary N) is 1. The van der Waals surface area contributed by atoms with Crippen molar-refractivity contribution in [3.05, 3.63) is 48.0 Å². The summed E-state index contributed by atoms with van der Waals surface area (Å²) < 4.78 is 6.88. The summed E-state index contributed by atoms with van der Waals surface area (Å²) in [6, 6.07) is 14.0. The van der Waals surface area contributed by atoms with Crippen LogP contribution < -0.4 is 10.6 Å². The highest BCUT2D eigenvalue weighted by Gasteiger charge is 2.23. The Morgan fingerprint density at radius 2 is 1.93 bits per heavy atom. The third kappa shape index (κ3) is 3.05. The van der Waals surface area contributed by atoms with Gasteiger partial charge in [-0.2, -0.15) is 4.98 Å². The van der Waals surface area contributed by atoms with Crippen molar-refractivity contribution in [3.63, 3.8) is 0 Å². The normalized spacial score (nSPS) is 15.3. The van der Waals surface area contributed by atoms with Gasteiger partial charge < -0.3 is 20.0 Å². The van der Waals surface area contributed by atoms with Crippen LogP contribution in [0.25, 0.3) is 21.3 Å². The molecule has 142 valence electrons. The molecule has 28 heavy (non-hydrogen) atoms.